The third-order valence-corrected chi connectivity index (χ3v) is 3.41. The van der Waals surface area contributed by atoms with Gasteiger partial charge in [0.15, 0.2) is 0 Å². The highest BCUT2D eigenvalue weighted by atomic mass is 35.5. The summed E-state index contributed by atoms with van der Waals surface area (Å²) in [6.45, 7) is 2.43. The minimum Gasteiger partial charge on any atom is -0.474 e. The van der Waals surface area contributed by atoms with Crippen molar-refractivity contribution in [1.29, 1.82) is 0 Å². The number of aromatic nitrogens is 3. The largest absolute Gasteiger partial charge is 0.474 e. The highest BCUT2D eigenvalue weighted by Crippen LogP contribution is 2.21. The highest BCUT2D eigenvalue weighted by molar-refractivity contribution is 6.31. The van der Waals surface area contributed by atoms with Crippen molar-refractivity contribution in [3.05, 3.63) is 53.9 Å². The highest BCUT2D eigenvalue weighted by Gasteiger charge is 2.09. The maximum Gasteiger partial charge on any atom is 0.232 e. The van der Waals surface area contributed by atoms with E-state index < -0.39 is 0 Å². The van der Waals surface area contributed by atoms with Crippen LogP contribution in [0, 0.1) is 0 Å². The average Bonchev–Trinajstić information content (AvgIpc) is 2.54. The van der Waals surface area contributed by atoms with Crippen molar-refractivity contribution in [2.45, 2.75) is 13.0 Å². The van der Waals surface area contributed by atoms with Crippen LogP contribution in [0.4, 0.5) is 5.82 Å². The summed E-state index contributed by atoms with van der Waals surface area (Å²) >= 11 is 6.02. The van der Waals surface area contributed by atoms with Gasteiger partial charge in [-0.25, -0.2) is 15.0 Å². The van der Waals surface area contributed by atoms with E-state index in [0.29, 0.717) is 17.5 Å². The van der Waals surface area contributed by atoms with Gasteiger partial charge in [-0.15, -0.1) is 12.4 Å². The number of nitrogens with one attached hydrogen (secondary N) is 1. The molecule has 3 aromatic rings. The lowest BCUT2D eigenvalue weighted by Crippen LogP contribution is -2.24. The Morgan fingerprint density at radius 2 is 1.96 bits per heavy atom. The van der Waals surface area contributed by atoms with E-state index in [1.807, 2.05) is 31.2 Å². The lowest BCUT2D eigenvalue weighted by atomic mass is 10.2. The first-order chi connectivity index (χ1) is 10.7. The number of hydrogen-bond donors (Lipinski definition) is 1. The molecule has 2 heterocycles. The Balaban J connectivity index is 0.00000192. The van der Waals surface area contributed by atoms with Crippen LogP contribution in [-0.2, 0) is 0 Å². The van der Waals surface area contributed by atoms with Crippen LogP contribution < -0.4 is 10.1 Å². The van der Waals surface area contributed by atoms with Gasteiger partial charge in [0.25, 0.3) is 0 Å². The molecular weight excluding hydrogens is 335 g/mol. The molecule has 1 N–H and O–H groups in total. The molecule has 0 spiro atoms. The summed E-state index contributed by atoms with van der Waals surface area (Å²) in [6, 6.07) is 11.4. The number of benzene rings is 1. The predicted octanol–water partition coefficient (Wildman–Crippen LogP) is 3.98. The lowest BCUT2D eigenvalue weighted by Gasteiger charge is -2.16. The fourth-order valence-corrected chi connectivity index (χ4v) is 2.25. The maximum absolute atomic E-state index is 6.02. The van der Waals surface area contributed by atoms with Crippen molar-refractivity contribution in [3.63, 3.8) is 0 Å². The normalized spacial score (nSPS) is 11.6. The van der Waals surface area contributed by atoms with E-state index in [2.05, 4.69) is 20.3 Å². The molecule has 0 aliphatic heterocycles. The molecule has 120 valence electrons. The SMILES string of the molecule is CC(COc1ncccc1Cl)Nc1ncnc2ccccc12.Cl. The van der Waals surface area contributed by atoms with Gasteiger partial charge in [0.1, 0.15) is 23.8 Å². The smallest absolute Gasteiger partial charge is 0.232 e. The number of anilines is 1. The fraction of sp³-hybridized carbons (Fsp3) is 0.188. The zero-order chi connectivity index (χ0) is 15.4. The second-order valence-corrected chi connectivity index (χ2v) is 5.29. The number of para-hydroxylation sites is 1. The number of nitrogens with zero attached hydrogens (tertiary/aromatic N) is 3. The van der Waals surface area contributed by atoms with E-state index in [0.717, 1.165) is 16.7 Å². The molecule has 0 bridgehead atoms. The zero-order valence-corrected chi connectivity index (χ0v) is 14.0. The van der Waals surface area contributed by atoms with E-state index >= 15 is 0 Å². The third kappa shape index (κ3) is 4.21. The summed E-state index contributed by atoms with van der Waals surface area (Å²) in [4.78, 5) is 12.6. The quantitative estimate of drug-likeness (QED) is 0.753. The summed E-state index contributed by atoms with van der Waals surface area (Å²) in [5, 5.41) is 4.81. The van der Waals surface area contributed by atoms with Gasteiger partial charge in [-0.1, -0.05) is 23.7 Å². The molecule has 0 fully saturated rings. The van der Waals surface area contributed by atoms with E-state index in [9.17, 15) is 0 Å². The van der Waals surface area contributed by atoms with Crippen molar-refractivity contribution in [3.8, 4) is 5.88 Å². The van der Waals surface area contributed by atoms with Crippen LogP contribution in [-0.4, -0.2) is 27.6 Å². The van der Waals surface area contributed by atoms with Crippen molar-refractivity contribution < 1.29 is 4.74 Å². The second-order valence-electron chi connectivity index (χ2n) is 4.89. The molecule has 2 aromatic heterocycles. The van der Waals surface area contributed by atoms with Gasteiger partial charge in [-0.3, -0.25) is 0 Å². The van der Waals surface area contributed by atoms with Gasteiger partial charge in [0, 0.05) is 11.6 Å². The first kappa shape index (κ1) is 17.2. The van der Waals surface area contributed by atoms with Crippen LogP contribution >= 0.6 is 24.0 Å². The summed E-state index contributed by atoms with van der Waals surface area (Å²) < 4.78 is 5.63. The van der Waals surface area contributed by atoms with E-state index in [4.69, 9.17) is 16.3 Å². The molecule has 1 unspecified atom stereocenters. The summed E-state index contributed by atoms with van der Waals surface area (Å²) in [6.07, 6.45) is 3.20. The molecule has 3 rings (SSSR count). The topological polar surface area (TPSA) is 59.9 Å². The van der Waals surface area contributed by atoms with Crippen molar-refractivity contribution >= 4 is 40.7 Å². The minimum absolute atomic E-state index is 0. The zero-order valence-electron chi connectivity index (χ0n) is 12.4. The van der Waals surface area contributed by atoms with Gasteiger partial charge >= 0.3 is 0 Å². The Morgan fingerprint density at radius 1 is 1.13 bits per heavy atom. The molecular formula is C16H16Cl2N4O. The number of hydrogen-bond acceptors (Lipinski definition) is 5. The fourth-order valence-electron chi connectivity index (χ4n) is 2.08. The monoisotopic (exact) mass is 350 g/mol. The number of ether oxygens (including phenoxy) is 1. The molecule has 0 saturated carbocycles. The molecule has 0 radical (unpaired) electrons. The number of halogens is 2. The number of pyridine rings is 1. The summed E-state index contributed by atoms with van der Waals surface area (Å²) in [5.41, 5.74) is 0.904. The Morgan fingerprint density at radius 3 is 2.78 bits per heavy atom. The van der Waals surface area contributed by atoms with E-state index in [-0.39, 0.29) is 18.4 Å². The Bertz CT molecular complexity index is 779. The minimum atomic E-state index is 0. The second kappa shape index (κ2) is 7.94. The van der Waals surface area contributed by atoms with E-state index in [1.165, 1.54) is 0 Å². The summed E-state index contributed by atoms with van der Waals surface area (Å²) in [7, 11) is 0. The predicted molar refractivity (Wildman–Crippen MR) is 94.6 cm³/mol. The van der Waals surface area contributed by atoms with Crippen LogP contribution in [0.1, 0.15) is 6.92 Å². The molecule has 0 saturated heterocycles. The Kier molecular flexibility index (Phi) is 5.96. The molecule has 1 aromatic carbocycles. The molecule has 0 aliphatic carbocycles. The average molecular weight is 351 g/mol. The van der Waals surface area contributed by atoms with Gasteiger partial charge in [-0.2, -0.15) is 0 Å². The van der Waals surface area contributed by atoms with Crippen molar-refractivity contribution in [2.24, 2.45) is 0 Å². The van der Waals surface area contributed by atoms with Gasteiger partial charge in [0.05, 0.1) is 11.6 Å². The van der Waals surface area contributed by atoms with E-state index in [1.54, 1.807) is 24.7 Å². The molecule has 0 amide bonds. The van der Waals surface area contributed by atoms with Crippen LogP contribution in [0.2, 0.25) is 5.02 Å². The van der Waals surface area contributed by atoms with Gasteiger partial charge in [-0.05, 0) is 31.2 Å². The van der Waals surface area contributed by atoms with Crippen LogP contribution in [0.5, 0.6) is 5.88 Å². The number of rotatable bonds is 5. The standard InChI is InChI=1S/C16H15ClN4O.ClH/c1-11(9-22-16-13(17)6-4-8-18-16)21-15-12-5-2-3-7-14(12)19-10-20-15;/h2-8,10-11H,9H2,1H3,(H,19,20,21);1H. The molecule has 0 aliphatic rings. The Hall–Kier alpha value is -2.11. The molecule has 23 heavy (non-hydrogen) atoms. The van der Waals surface area contributed by atoms with Crippen molar-refractivity contribution in [1.82, 2.24) is 15.0 Å². The summed E-state index contributed by atoms with van der Waals surface area (Å²) in [5.74, 6) is 1.22. The van der Waals surface area contributed by atoms with Gasteiger partial charge in [0.2, 0.25) is 5.88 Å². The first-order valence-electron chi connectivity index (χ1n) is 6.93. The number of fused-ring (bicyclic) bond motifs is 1. The maximum atomic E-state index is 6.02. The first-order valence-corrected chi connectivity index (χ1v) is 7.31. The molecule has 1 atom stereocenters. The Labute approximate surface area is 145 Å². The molecule has 5 nitrogen and oxygen atoms in total. The molecule has 7 heteroatoms. The van der Waals surface area contributed by atoms with Crippen LogP contribution in [0.25, 0.3) is 10.9 Å². The lowest BCUT2D eigenvalue weighted by molar-refractivity contribution is 0.292. The van der Waals surface area contributed by atoms with Gasteiger partial charge < -0.3 is 10.1 Å². The van der Waals surface area contributed by atoms with Crippen LogP contribution in [0.15, 0.2) is 48.9 Å². The van der Waals surface area contributed by atoms with Crippen LogP contribution in [0.3, 0.4) is 0 Å². The van der Waals surface area contributed by atoms with Crippen molar-refractivity contribution in [2.75, 3.05) is 11.9 Å². The third-order valence-electron chi connectivity index (χ3n) is 3.12.